The van der Waals surface area contributed by atoms with Crippen LogP contribution in [0.15, 0.2) is 41.2 Å². The van der Waals surface area contributed by atoms with Crippen molar-refractivity contribution in [1.82, 2.24) is 5.32 Å². The number of carbonyl (C=O) groups excluding carboxylic acids is 1. The molecule has 3 atom stereocenters. The largest absolute Gasteiger partial charge is 0.490 e. The number of rotatable bonds is 3. The first-order valence-corrected chi connectivity index (χ1v) is 9.04. The zero-order valence-corrected chi connectivity index (χ0v) is 15.2. The topological polar surface area (TPSA) is 60.7 Å². The first kappa shape index (κ1) is 17.4. The Morgan fingerprint density at radius 1 is 1.12 bits per heavy atom. The molecule has 0 aliphatic carbocycles. The zero-order valence-electron chi connectivity index (χ0n) is 14.4. The van der Waals surface area contributed by atoms with E-state index in [1.165, 1.54) is 12.8 Å². The molecule has 2 fully saturated rings. The van der Waals surface area contributed by atoms with E-state index in [9.17, 15) is 4.79 Å². The lowest BCUT2D eigenvalue weighted by molar-refractivity contribution is -0.137. The Labute approximate surface area is 158 Å². The van der Waals surface area contributed by atoms with Crippen molar-refractivity contribution < 1.29 is 18.7 Å². The molecule has 0 amide bonds. The number of fused-ring (bicyclic) bond motifs is 3. The highest BCUT2D eigenvalue weighted by molar-refractivity contribution is 5.85. The molecule has 26 heavy (non-hydrogen) atoms. The lowest BCUT2D eigenvalue weighted by atomic mass is 9.91. The summed E-state index contributed by atoms with van der Waals surface area (Å²) in [6.45, 7) is 0. The van der Waals surface area contributed by atoms with E-state index in [-0.39, 0.29) is 30.4 Å². The molecule has 0 saturated carbocycles. The monoisotopic (exact) mass is 375 g/mol. The zero-order chi connectivity index (χ0) is 16.8. The molecular weight excluding hydrogens is 354 g/mol. The maximum absolute atomic E-state index is 12.3. The van der Waals surface area contributed by atoms with Crippen molar-refractivity contribution in [3.63, 3.8) is 0 Å². The van der Waals surface area contributed by atoms with E-state index in [2.05, 4.69) is 5.32 Å². The first-order valence-electron chi connectivity index (χ1n) is 9.04. The number of esters is 1. The van der Waals surface area contributed by atoms with E-state index in [0.29, 0.717) is 24.3 Å². The molecule has 4 heterocycles. The summed E-state index contributed by atoms with van der Waals surface area (Å²) in [7, 11) is 0. The molecule has 5 rings (SSSR count). The molecule has 6 heteroatoms. The summed E-state index contributed by atoms with van der Waals surface area (Å²) in [5.41, 5.74) is 1.89. The Morgan fingerprint density at radius 2 is 1.92 bits per heavy atom. The molecule has 2 bridgehead atoms. The van der Waals surface area contributed by atoms with E-state index in [0.717, 1.165) is 29.7 Å². The van der Waals surface area contributed by atoms with Crippen LogP contribution in [0.25, 0.3) is 0 Å². The van der Waals surface area contributed by atoms with Crippen LogP contribution in [0.5, 0.6) is 11.5 Å². The molecule has 1 aromatic carbocycles. The quantitative estimate of drug-likeness (QED) is 0.656. The normalized spacial score (nSPS) is 29.5. The van der Waals surface area contributed by atoms with Crippen LogP contribution in [0.4, 0.5) is 0 Å². The second-order valence-corrected chi connectivity index (χ2v) is 7.35. The Balaban J connectivity index is 0.00000168. The summed E-state index contributed by atoms with van der Waals surface area (Å²) in [5, 5.41) is 3.62. The second kappa shape index (κ2) is 6.97. The lowest BCUT2D eigenvalue weighted by Crippen LogP contribution is -2.42. The standard InChI is InChI=1S/C20H21NO4.ClH/c22-20-18(13-5-6-23-11-13)7-12-1-4-16(10-19(12)25-20)24-17-8-14-2-3-15(9-17)21-14;/h1,4-6,10-11,14-15,17-18,21H,2-3,7-9H2;1H. The van der Waals surface area contributed by atoms with Gasteiger partial charge < -0.3 is 19.2 Å². The molecular formula is C20H22ClNO4. The number of halogens is 1. The lowest BCUT2D eigenvalue weighted by Gasteiger charge is -2.30. The van der Waals surface area contributed by atoms with Gasteiger partial charge in [0.25, 0.3) is 0 Å². The first-order chi connectivity index (χ1) is 12.2. The van der Waals surface area contributed by atoms with Crippen molar-refractivity contribution in [3.8, 4) is 11.5 Å². The van der Waals surface area contributed by atoms with Gasteiger partial charge in [-0.2, -0.15) is 0 Å². The summed E-state index contributed by atoms with van der Waals surface area (Å²) < 4.78 is 16.9. The highest BCUT2D eigenvalue weighted by Crippen LogP contribution is 2.37. The van der Waals surface area contributed by atoms with Gasteiger partial charge in [0.15, 0.2) is 0 Å². The van der Waals surface area contributed by atoms with Gasteiger partial charge >= 0.3 is 5.97 Å². The average Bonchev–Trinajstić information content (AvgIpc) is 3.24. The molecule has 3 unspecified atom stereocenters. The number of nitrogens with one attached hydrogen (secondary N) is 1. The Bertz CT molecular complexity index is 779. The van der Waals surface area contributed by atoms with Gasteiger partial charge in [-0.15, -0.1) is 12.4 Å². The fourth-order valence-electron chi connectivity index (χ4n) is 4.38. The minimum atomic E-state index is -0.293. The van der Waals surface area contributed by atoms with E-state index in [4.69, 9.17) is 13.9 Å². The van der Waals surface area contributed by atoms with E-state index >= 15 is 0 Å². The molecule has 1 N–H and O–H groups in total. The molecule has 3 aliphatic rings. The van der Waals surface area contributed by atoms with E-state index < -0.39 is 0 Å². The smallest absolute Gasteiger partial charge is 0.319 e. The van der Waals surface area contributed by atoms with Crippen LogP contribution in [0.1, 0.15) is 42.7 Å². The summed E-state index contributed by atoms with van der Waals surface area (Å²) in [4.78, 5) is 12.3. The number of benzene rings is 1. The Hall–Kier alpha value is -1.98. The third kappa shape index (κ3) is 3.21. The number of hydrogen-bond acceptors (Lipinski definition) is 5. The molecule has 138 valence electrons. The van der Waals surface area contributed by atoms with E-state index in [1.807, 2.05) is 24.3 Å². The average molecular weight is 376 g/mol. The van der Waals surface area contributed by atoms with Gasteiger partial charge in [-0.05, 0) is 49.8 Å². The van der Waals surface area contributed by atoms with Gasteiger partial charge in [-0.1, -0.05) is 6.07 Å². The van der Waals surface area contributed by atoms with Crippen LogP contribution in [-0.4, -0.2) is 24.2 Å². The maximum atomic E-state index is 12.3. The van der Waals surface area contributed by atoms with E-state index in [1.54, 1.807) is 12.5 Å². The maximum Gasteiger partial charge on any atom is 0.319 e. The minimum absolute atomic E-state index is 0. The van der Waals surface area contributed by atoms with Crippen LogP contribution in [-0.2, 0) is 11.2 Å². The molecule has 0 spiro atoms. The van der Waals surface area contributed by atoms with Crippen LogP contribution in [0.2, 0.25) is 0 Å². The van der Waals surface area contributed by atoms with Crippen LogP contribution in [0.3, 0.4) is 0 Å². The molecule has 3 aliphatic heterocycles. The van der Waals surface area contributed by atoms with Gasteiger partial charge in [0.05, 0.1) is 18.4 Å². The number of furan rings is 1. The van der Waals surface area contributed by atoms with Crippen LogP contribution < -0.4 is 14.8 Å². The molecule has 2 aromatic rings. The molecule has 5 nitrogen and oxygen atoms in total. The van der Waals surface area contributed by atoms with Crippen molar-refractivity contribution in [2.24, 2.45) is 0 Å². The summed E-state index contributed by atoms with van der Waals surface area (Å²) in [6, 6.07) is 8.88. The number of carbonyl (C=O) groups is 1. The minimum Gasteiger partial charge on any atom is -0.490 e. The summed E-state index contributed by atoms with van der Waals surface area (Å²) in [5.74, 6) is 0.891. The van der Waals surface area contributed by atoms with Crippen molar-refractivity contribution >= 4 is 18.4 Å². The predicted octanol–water partition coefficient (Wildman–Crippen LogP) is 3.61. The van der Waals surface area contributed by atoms with Crippen molar-refractivity contribution in [2.75, 3.05) is 0 Å². The summed E-state index contributed by atoms with van der Waals surface area (Å²) in [6.07, 6.45) is 8.68. The Morgan fingerprint density at radius 3 is 2.65 bits per heavy atom. The van der Waals surface area contributed by atoms with Crippen LogP contribution >= 0.6 is 12.4 Å². The van der Waals surface area contributed by atoms with Gasteiger partial charge in [0, 0.05) is 23.7 Å². The van der Waals surface area contributed by atoms with Gasteiger partial charge in [-0.25, -0.2) is 0 Å². The van der Waals surface area contributed by atoms with Gasteiger partial charge in [0.1, 0.15) is 17.6 Å². The Kier molecular flexibility index (Phi) is 4.67. The number of ether oxygens (including phenoxy) is 2. The van der Waals surface area contributed by atoms with Gasteiger partial charge in [-0.3, -0.25) is 4.79 Å². The third-order valence-corrected chi connectivity index (χ3v) is 5.64. The molecule has 2 saturated heterocycles. The fraction of sp³-hybridized carbons (Fsp3) is 0.450. The van der Waals surface area contributed by atoms with Crippen molar-refractivity contribution in [2.45, 2.75) is 56.2 Å². The highest BCUT2D eigenvalue weighted by Gasteiger charge is 2.35. The van der Waals surface area contributed by atoms with Crippen molar-refractivity contribution in [3.05, 3.63) is 47.9 Å². The van der Waals surface area contributed by atoms with Crippen molar-refractivity contribution in [1.29, 1.82) is 0 Å². The summed E-state index contributed by atoms with van der Waals surface area (Å²) >= 11 is 0. The number of piperidine rings is 1. The SMILES string of the molecule is Cl.O=C1Oc2cc(OC3CC4CCC(C3)N4)ccc2CC1c1ccoc1. The molecule has 1 aromatic heterocycles. The highest BCUT2D eigenvalue weighted by atomic mass is 35.5. The third-order valence-electron chi connectivity index (χ3n) is 5.64. The molecule has 0 radical (unpaired) electrons. The van der Waals surface area contributed by atoms with Crippen LogP contribution in [0, 0.1) is 0 Å². The van der Waals surface area contributed by atoms with Gasteiger partial charge in [0.2, 0.25) is 0 Å². The predicted molar refractivity (Wildman–Crippen MR) is 98.1 cm³/mol. The fourth-order valence-corrected chi connectivity index (χ4v) is 4.38. The second-order valence-electron chi connectivity index (χ2n) is 7.35. The number of hydrogen-bond donors (Lipinski definition) is 1.